The van der Waals surface area contributed by atoms with Crippen LogP contribution in [0.25, 0.3) is 17.0 Å². The molecule has 1 aliphatic heterocycles. The highest BCUT2D eigenvalue weighted by molar-refractivity contribution is 6.03. The summed E-state index contributed by atoms with van der Waals surface area (Å²) in [6.07, 6.45) is 4.63. The summed E-state index contributed by atoms with van der Waals surface area (Å²) < 4.78 is 12.7. The fourth-order valence-corrected chi connectivity index (χ4v) is 4.16. The van der Waals surface area contributed by atoms with Crippen molar-refractivity contribution in [1.29, 1.82) is 5.26 Å². The molecule has 0 unspecified atom stereocenters. The number of aliphatic hydroxyl groups is 1. The van der Waals surface area contributed by atoms with Crippen molar-refractivity contribution < 1.29 is 19.1 Å². The number of nitriles is 1. The Bertz CT molecular complexity index is 1340. The number of anilines is 1. The first-order valence-electron chi connectivity index (χ1n) is 10.7. The highest BCUT2D eigenvalue weighted by Gasteiger charge is 2.34. The van der Waals surface area contributed by atoms with Gasteiger partial charge < -0.3 is 19.6 Å². The van der Waals surface area contributed by atoms with Gasteiger partial charge in [0.2, 0.25) is 0 Å². The van der Waals surface area contributed by atoms with Gasteiger partial charge in [-0.1, -0.05) is 12.1 Å². The predicted molar refractivity (Wildman–Crippen MR) is 121 cm³/mol. The molecule has 1 aromatic carbocycles. The Balaban J connectivity index is 1.38. The van der Waals surface area contributed by atoms with Gasteiger partial charge in [-0.15, -0.1) is 0 Å². The molecule has 0 radical (unpaired) electrons. The van der Waals surface area contributed by atoms with E-state index in [0.29, 0.717) is 54.6 Å². The van der Waals surface area contributed by atoms with E-state index in [2.05, 4.69) is 16.4 Å². The van der Waals surface area contributed by atoms with Crippen LogP contribution in [0.4, 0.5) is 5.69 Å². The van der Waals surface area contributed by atoms with Crippen molar-refractivity contribution in [2.24, 2.45) is 0 Å². The number of hydrogen-bond donors (Lipinski definition) is 2. The molecule has 8 heteroatoms. The maximum Gasteiger partial charge on any atom is 0.274 e. The van der Waals surface area contributed by atoms with Gasteiger partial charge in [0, 0.05) is 30.7 Å². The Kier molecular flexibility index (Phi) is 5.42. The monoisotopic (exact) mass is 442 g/mol. The summed E-state index contributed by atoms with van der Waals surface area (Å²) >= 11 is 0. The van der Waals surface area contributed by atoms with Crippen molar-refractivity contribution in [2.75, 3.05) is 18.5 Å². The van der Waals surface area contributed by atoms with Crippen molar-refractivity contribution in [2.45, 2.75) is 24.9 Å². The minimum absolute atomic E-state index is 0.178. The molecule has 1 fully saturated rings. The van der Waals surface area contributed by atoms with Gasteiger partial charge in [-0.05, 0) is 54.8 Å². The summed E-state index contributed by atoms with van der Waals surface area (Å²) in [5, 5.41) is 21.9. The van der Waals surface area contributed by atoms with Gasteiger partial charge in [-0.25, -0.2) is 4.98 Å². The van der Waals surface area contributed by atoms with E-state index in [4.69, 9.17) is 9.15 Å². The molecule has 2 N–H and O–H groups in total. The van der Waals surface area contributed by atoms with Gasteiger partial charge in [0.05, 0.1) is 17.7 Å². The SMILES string of the molecule is N#CC1(c2ccc(NC(=O)c3cnc4ccc(-c5ccc(CO)o5)cn34)cc2)CCOCC1. The van der Waals surface area contributed by atoms with E-state index in [1.54, 1.807) is 28.8 Å². The van der Waals surface area contributed by atoms with E-state index in [1.807, 2.05) is 30.3 Å². The molecule has 0 atom stereocenters. The Hall–Kier alpha value is -3.93. The normalized spacial score (nSPS) is 15.3. The molecule has 5 rings (SSSR count). The maximum absolute atomic E-state index is 13.0. The van der Waals surface area contributed by atoms with Gasteiger partial charge in [-0.3, -0.25) is 9.20 Å². The first-order valence-corrected chi connectivity index (χ1v) is 10.7. The summed E-state index contributed by atoms with van der Waals surface area (Å²) in [4.78, 5) is 17.3. The van der Waals surface area contributed by atoms with Crippen LogP contribution < -0.4 is 5.32 Å². The van der Waals surface area contributed by atoms with E-state index >= 15 is 0 Å². The zero-order valence-electron chi connectivity index (χ0n) is 17.8. The largest absolute Gasteiger partial charge is 0.459 e. The molecule has 4 aromatic rings. The number of nitrogens with one attached hydrogen (secondary N) is 1. The third-order valence-electron chi connectivity index (χ3n) is 6.10. The topological polar surface area (TPSA) is 113 Å². The number of nitrogens with zero attached hydrogens (tertiary/aromatic N) is 3. The number of aliphatic hydroxyl groups excluding tert-OH is 1. The summed E-state index contributed by atoms with van der Waals surface area (Å²) in [5.74, 6) is 0.760. The number of benzene rings is 1. The number of imidazole rings is 1. The summed E-state index contributed by atoms with van der Waals surface area (Å²) in [7, 11) is 0. The number of ether oxygens (including phenoxy) is 1. The first-order chi connectivity index (χ1) is 16.1. The van der Waals surface area contributed by atoms with Gasteiger partial charge in [0.15, 0.2) is 0 Å². The number of fused-ring (bicyclic) bond motifs is 1. The molecule has 1 amide bonds. The maximum atomic E-state index is 13.0. The molecule has 3 aromatic heterocycles. The lowest BCUT2D eigenvalue weighted by atomic mass is 9.75. The van der Waals surface area contributed by atoms with Crippen LogP contribution in [0.2, 0.25) is 0 Å². The fraction of sp³-hybridized carbons (Fsp3) is 0.240. The van der Waals surface area contributed by atoms with Crippen LogP contribution in [0, 0.1) is 11.3 Å². The quantitative estimate of drug-likeness (QED) is 0.485. The molecule has 33 heavy (non-hydrogen) atoms. The lowest BCUT2D eigenvalue weighted by Crippen LogP contribution is -2.32. The number of rotatable bonds is 5. The number of furan rings is 1. The first kappa shape index (κ1) is 20.9. The number of pyridine rings is 1. The lowest BCUT2D eigenvalue weighted by molar-refractivity contribution is 0.0675. The van der Waals surface area contributed by atoms with Crippen LogP contribution in [0.15, 0.2) is 65.3 Å². The number of hydrogen-bond acceptors (Lipinski definition) is 6. The van der Waals surface area contributed by atoms with E-state index < -0.39 is 5.41 Å². The van der Waals surface area contributed by atoms with Crippen molar-refractivity contribution in [1.82, 2.24) is 9.38 Å². The summed E-state index contributed by atoms with van der Waals surface area (Å²) in [6, 6.07) is 17.0. The predicted octanol–water partition coefficient (Wildman–Crippen LogP) is 3.91. The molecular formula is C25H22N4O4. The van der Waals surface area contributed by atoms with Crippen LogP contribution in [0.1, 0.15) is 34.7 Å². The molecule has 0 bridgehead atoms. The fourth-order valence-electron chi connectivity index (χ4n) is 4.16. The highest BCUT2D eigenvalue weighted by Crippen LogP contribution is 2.34. The molecular weight excluding hydrogens is 420 g/mol. The van der Waals surface area contributed by atoms with Gasteiger partial charge in [-0.2, -0.15) is 5.26 Å². The van der Waals surface area contributed by atoms with Crippen LogP contribution in [-0.2, 0) is 16.8 Å². The van der Waals surface area contributed by atoms with Crippen LogP contribution in [0.5, 0.6) is 0 Å². The Labute approximate surface area is 190 Å². The third kappa shape index (κ3) is 3.89. The average Bonchev–Trinajstić information content (AvgIpc) is 3.52. The lowest BCUT2D eigenvalue weighted by Gasteiger charge is -2.31. The second-order valence-electron chi connectivity index (χ2n) is 8.05. The standard InChI is InChI=1S/C25H22N4O4/c26-16-25(9-11-32-12-10-25)18-2-4-19(5-3-18)28-24(31)21-13-27-23-8-1-17(14-29(21)23)22-7-6-20(15-30)33-22/h1-8,13-14,30H,9-12,15H2,(H,28,31). The summed E-state index contributed by atoms with van der Waals surface area (Å²) in [5.41, 5.74) is 2.80. The zero-order chi connectivity index (χ0) is 22.8. The Morgan fingerprint density at radius 2 is 1.94 bits per heavy atom. The molecule has 0 spiro atoms. The van der Waals surface area contributed by atoms with E-state index in [0.717, 1.165) is 11.1 Å². The minimum Gasteiger partial charge on any atom is -0.459 e. The molecule has 4 heterocycles. The molecule has 166 valence electrons. The van der Waals surface area contributed by atoms with Crippen LogP contribution in [0.3, 0.4) is 0 Å². The zero-order valence-corrected chi connectivity index (χ0v) is 17.8. The number of aromatic nitrogens is 2. The Morgan fingerprint density at radius 1 is 1.15 bits per heavy atom. The van der Waals surface area contributed by atoms with Gasteiger partial charge >= 0.3 is 0 Å². The van der Waals surface area contributed by atoms with E-state index in [1.165, 1.54) is 6.20 Å². The van der Waals surface area contributed by atoms with E-state index in [-0.39, 0.29) is 12.5 Å². The molecule has 1 saturated heterocycles. The highest BCUT2D eigenvalue weighted by atomic mass is 16.5. The second-order valence-corrected chi connectivity index (χ2v) is 8.05. The van der Waals surface area contributed by atoms with Crippen molar-refractivity contribution in [3.05, 3.63) is 77.9 Å². The smallest absolute Gasteiger partial charge is 0.274 e. The molecule has 8 nitrogen and oxygen atoms in total. The third-order valence-corrected chi connectivity index (χ3v) is 6.10. The molecule has 1 aliphatic rings. The number of carbonyl (C=O) groups is 1. The van der Waals surface area contributed by atoms with Crippen LogP contribution >= 0.6 is 0 Å². The van der Waals surface area contributed by atoms with E-state index in [9.17, 15) is 15.2 Å². The molecule has 0 saturated carbocycles. The van der Waals surface area contributed by atoms with Crippen LogP contribution in [-0.4, -0.2) is 33.6 Å². The summed E-state index contributed by atoms with van der Waals surface area (Å²) in [6.45, 7) is 0.965. The number of amides is 1. The van der Waals surface area contributed by atoms with Crippen molar-refractivity contribution >= 4 is 17.2 Å². The van der Waals surface area contributed by atoms with Gasteiger partial charge in [0.25, 0.3) is 5.91 Å². The molecule has 0 aliphatic carbocycles. The van der Waals surface area contributed by atoms with Crippen molar-refractivity contribution in [3.63, 3.8) is 0 Å². The number of carbonyl (C=O) groups excluding carboxylic acids is 1. The second kappa shape index (κ2) is 8.54. The van der Waals surface area contributed by atoms with Gasteiger partial charge in [0.1, 0.15) is 29.5 Å². The Morgan fingerprint density at radius 3 is 2.64 bits per heavy atom. The minimum atomic E-state index is -0.541. The van der Waals surface area contributed by atoms with Crippen molar-refractivity contribution in [3.8, 4) is 17.4 Å². The average molecular weight is 442 g/mol.